The van der Waals surface area contributed by atoms with Crippen LogP contribution in [0, 0.1) is 12.7 Å². The van der Waals surface area contributed by atoms with E-state index in [2.05, 4.69) is 4.72 Å². The molecule has 0 amide bonds. The average Bonchev–Trinajstić information content (AvgIpc) is 3.19. The van der Waals surface area contributed by atoms with Crippen molar-refractivity contribution in [3.8, 4) is 0 Å². The average molecular weight is 440 g/mol. The first kappa shape index (κ1) is 20.7. The van der Waals surface area contributed by atoms with Crippen LogP contribution in [0.1, 0.15) is 16.4 Å². The molecule has 3 aromatic rings. The van der Waals surface area contributed by atoms with E-state index in [1.165, 1.54) is 30.3 Å². The summed E-state index contributed by atoms with van der Waals surface area (Å²) in [4.78, 5) is 0.0545. The molecule has 1 aromatic heterocycles. The Bertz CT molecular complexity index is 1160. The maximum absolute atomic E-state index is 13.3. The van der Waals surface area contributed by atoms with Gasteiger partial charge in [0.15, 0.2) is 9.84 Å². The molecule has 0 radical (unpaired) electrons. The number of nitrogens with one attached hydrogen (secondary N) is 1. The van der Waals surface area contributed by atoms with Gasteiger partial charge in [-0.15, -0.1) is 11.3 Å². The van der Waals surface area contributed by atoms with Gasteiger partial charge in [0.25, 0.3) is 0 Å². The highest BCUT2D eigenvalue weighted by Crippen LogP contribution is 2.31. The largest absolute Gasteiger partial charge is 0.240 e. The molecule has 0 bridgehead atoms. The minimum absolute atomic E-state index is 0.0545. The van der Waals surface area contributed by atoms with Crippen LogP contribution < -0.4 is 4.72 Å². The Morgan fingerprint density at radius 3 is 2.32 bits per heavy atom. The molecule has 9 heteroatoms. The van der Waals surface area contributed by atoms with Crippen LogP contribution in [0.3, 0.4) is 0 Å². The number of thiophene rings is 1. The Labute approximate surface area is 167 Å². The molecule has 0 saturated carbocycles. The molecule has 2 aromatic carbocycles. The maximum Gasteiger partial charge on any atom is 0.240 e. The number of hydrogen-bond donors (Lipinski definition) is 1. The fourth-order valence-electron chi connectivity index (χ4n) is 2.70. The van der Waals surface area contributed by atoms with E-state index in [1.807, 2.05) is 0 Å². The van der Waals surface area contributed by atoms with E-state index in [0.29, 0.717) is 5.56 Å². The van der Waals surface area contributed by atoms with Crippen molar-refractivity contribution in [3.05, 3.63) is 83.0 Å². The van der Waals surface area contributed by atoms with Gasteiger partial charge in [-0.1, -0.05) is 30.3 Å². The SMILES string of the molecule is Cc1cccc(S(=O)(=O)NCC(c2ccc(F)cc2)S(=O)(=O)c2cccs2)c1. The zero-order chi connectivity index (χ0) is 20.4. The van der Waals surface area contributed by atoms with Crippen molar-refractivity contribution in [1.82, 2.24) is 4.72 Å². The zero-order valence-corrected chi connectivity index (χ0v) is 17.3. The summed E-state index contributed by atoms with van der Waals surface area (Å²) in [7, 11) is -7.78. The summed E-state index contributed by atoms with van der Waals surface area (Å²) in [5.41, 5.74) is 1.07. The first-order valence-corrected chi connectivity index (χ1v) is 12.2. The van der Waals surface area contributed by atoms with E-state index in [-0.39, 0.29) is 15.6 Å². The van der Waals surface area contributed by atoms with Crippen molar-refractivity contribution in [2.24, 2.45) is 0 Å². The second kappa shape index (κ2) is 8.12. The molecule has 1 heterocycles. The number of aryl methyl sites for hydroxylation is 1. The highest BCUT2D eigenvalue weighted by Gasteiger charge is 2.31. The van der Waals surface area contributed by atoms with Crippen LogP contribution in [0.5, 0.6) is 0 Å². The molecule has 28 heavy (non-hydrogen) atoms. The summed E-state index contributed by atoms with van der Waals surface area (Å²) in [5.74, 6) is -0.503. The van der Waals surface area contributed by atoms with Gasteiger partial charge in [-0.3, -0.25) is 0 Å². The maximum atomic E-state index is 13.3. The molecule has 148 valence electrons. The van der Waals surface area contributed by atoms with Crippen molar-refractivity contribution < 1.29 is 21.2 Å². The summed E-state index contributed by atoms with van der Waals surface area (Å²) in [6, 6.07) is 14.4. The Kier molecular flexibility index (Phi) is 5.99. The smallest absolute Gasteiger partial charge is 0.222 e. The monoisotopic (exact) mass is 439 g/mol. The Morgan fingerprint density at radius 1 is 1.00 bits per heavy atom. The highest BCUT2D eigenvalue weighted by atomic mass is 32.2. The number of rotatable bonds is 7. The highest BCUT2D eigenvalue weighted by molar-refractivity contribution is 7.93. The lowest BCUT2D eigenvalue weighted by Crippen LogP contribution is -2.31. The zero-order valence-electron chi connectivity index (χ0n) is 14.9. The Balaban J connectivity index is 1.95. The van der Waals surface area contributed by atoms with Crippen molar-refractivity contribution in [1.29, 1.82) is 0 Å². The lowest BCUT2D eigenvalue weighted by atomic mass is 10.1. The van der Waals surface area contributed by atoms with Crippen LogP contribution in [-0.4, -0.2) is 23.4 Å². The lowest BCUT2D eigenvalue weighted by molar-refractivity contribution is 0.569. The first-order valence-electron chi connectivity index (χ1n) is 8.29. The van der Waals surface area contributed by atoms with Crippen LogP contribution in [0.15, 0.2) is 75.1 Å². The van der Waals surface area contributed by atoms with Crippen LogP contribution in [0.25, 0.3) is 0 Å². The van der Waals surface area contributed by atoms with Crippen LogP contribution in [-0.2, 0) is 19.9 Å². The second-order valence-corrected chi connectivity index (χ2v) is 11.3. The fraction of sp³-hybridized carbons (Fsp3) is 0.158. The van der Waals surface area contributed by atoms with Gasteiger partial charge in [0.1, 0.15) is 15.3 Å². The van der Waals surface area contributed by atoms with Crippen molar-refractivity contribution in [3.63, 3.8) is 0 Å². The Hall–Kier alpha value is -2.07. The minimum Gasteiger partial charge on any atom is -0.222 e. The van der Waals surface area contributed by atoms with Gasteiger partial charge >= 0.3 is 0 Å². The number of sulfonamides is 1. The van der Waals surface area contributed by atoms with Crippen LogP contribution in [0.2, 0.25) is 0 Å². The van der Waals surface area contributed by atoms with Crippen molar-refractivity contribution in [2.45, 2.75) is 21.3 Å². The van der Waals surface area contributed by atoms with Gasteiger partial charge in [-0.2, -0.15) is 0 Å². The molecule has 1 unspecified atom stereocenters. The fourth-order valence-corrected chi connectivity index (χ4v) is 6.82. The molecule has 0 fully saturated rings. The third kappa shape index (κ3) is 4.49. The molecular weight excluding hydrogens is 421 g/mol. The molecule has 1 atom stereocenters. The van der Waals surface area contributed by atoms with Crippen molar-refractivity contribution in [2.75, 3.05) is 6.54 Å². The topological polar surface area (TPSA) is 80.3 Å². The van der Waals surface area contributed by atoms with Gasteiger partial charge in [0, 0.05) is 6.54 Å². The lowest BCUT2D eigenvalue weighted by Gasteiger charge is -2.18. The quantitative estimate of drug-likeness (QED) is 0.609. The number of benzene rings is 2. The number of halogens is 1. The number of sulfone groups is 1. The van der Waals surface area contributed by atoms with Crippen LogP contribution >= 0.6 is 11.3 Å². The molecule has 0 spiro atoms. The predicted octanol–water partition coefficient (Wildman–Crippen LogP) is 3.69. The Morgan fingerprint density at radius 2 is 1.71 bits per heavy atom. The molecular formula is C19H18FNO4S3. The normalized spacial score (nSPS) is 13.4. The predicted molar refractivity (Wildman–Crippen MR) is 107 cm³/mol. The second-order valence-electron chi connectivity index (χ2n) is 6.19. The van der Waals surface area contributed by atoms with E-state index in [9.17, 15) is 21.2 Å². The van der Waals surface area contributed by atoms with Gasteiger partial charge in [-0.25, -0.2) is 25.9 Å². The van der Waals surface area contributed by atoms with E-state index < -0.39 is 30.9 Å². The van der Waals surface area contributed by atoms with Gasteiger partial charge in [0.05, 0.1) is 4.90 Å². The van der Waals surface area contributed by atoms with Crippen LogP contribution in [0.4, 0.5) is 4.39 Å². The first-order chi connectivity index (χ1) is 13.2. The summed E-state index contributed by atoms with van der Waals surface area (Å²) in [5, 5.41) is 0.442. The summed E-state index contributed by atoms with van der Waals surface area (Å²) < 4.78 is 67.2. The number of hydrogen-bond acceptors (Lipinski definition) is 5. The van der Waals surface area contributed by atoms with Crippen molar-refractivity contribution >= 4 is 31.2 Å². The minimum atomic E-state index is -3.91. The van der Waals surface area contributed by atoms with E-state index in [4.69, 9.17) is 0 Å². The van der Waals surface area contributed by atoms with E-state index in [1.54, 1.807) is 30.5 Å². The third-order valence-corrected chi connectivity index (χ3v) is 9.10. The van der Waals surface area contributed by atoms with Gasteiger partial charge in [0.2, 0.25) is 10.0 Å². The molecule has 1 N–H and O–H groups in total. The standard InChI is InChI=1S/C19H18FNO4S3/c1-14-4-2-5-17(12-14)28(24,25)21-13-18(15-7-9-16(20)10-8-15)27(22,23)19-6-3-11-26-19/h2-12,18,21H,13H2,1H3. The summed E-state index contributed by atoms with van der Waals surface area (Å²) >= 11 is 1.05. The van der Waals surface area contributed by atoms with E-state index in [0.717, 1.165) is 29.0 Å². The molecule has 5 nitrogen and oxygen atoms in total. The molecule has 0 aliphatic carbocycles. The molecule has 0 aliphatic rings. The summed E-state index contributed by atoms with van der Waals surface area (Å²) in [6.07, 6.45) is 0. The molecule has 3 rings (SSSR count). The summed E-state index contributed by atoms with van der Waals surface area (Å²) in [6.45, 7) is 1.39. The molecule has 0 saturated heterocycles. The van der Waals surface area contributed by atoms with Gasteiger partial charge < -0.3 is 0 Å². The molecule has 0 aliphatic heterocycles. The van der Waals surface area contributed by atoms with Gasteiger partial charge in [-0.05, 0) is 53.8 Å². The van der Waals surface area contributed by atoms with E-state index >= 15 is 0 Å². The third-order valence-electron chi connectivity index (χ3n) is 4.15.